The molecule has 0 saturated carbocycles. The van der Waals surface area contributed by atoms with Crippen molar-refractivity contribution in [3.05, 3.63) is 59.7 Å². The van der Waals surface area contributed by atoms with E-state index >= 15 is 0 Å². The molecule has 0 aliphatic heterocycles. The van der Waals surface area contributed by atoms with Crippen LogP contribution < -0.4 is 21.3 Å². The maximum atomic E-state index is 12.7. The second-order valence-electron chi connectivity index (χ2n) is 10.2. The SMILES string of the molecule is CCCCNC(=O)N[C@H](Cc1c(-c2[nH]c3ccccc3c2C[C@H](NC(C)=O)C(=O)OC)[nH]c2ccccc12)NC(C)=O. The number of methoxy groups -OCH3 is 1. The summed E-state index contributed by atoms with van der Waals surface area (Å²) in [5, 5.41) is 13.1. The molecule has 0 saturated heterocycles. The number of hydrogen-bond donors (Lipinski definition) is 6. The lowest BCUT2D eigenvalue weighted by molar-refractivity contribution is -0.144. The highest BCUT2D eigenvalue weighted by atomic mass is 16.5. The monoisotopic (exact) mass is 574 g/mol. The molecule has 0 radical (unpaired) electrons. The molecule has 42 heavy (non-hydrogen) atoms. The Morgan fingerprint density at radius 2 is 1.33 bits per heavy atom. The third-order valence-electron chi connectivity index (χ3n) is 7.06. The summed E-state index contributed by atoms with van der Waals surface area (Å²) in [6.07, 6.45) is 1.55. The van der Waals surface area contributed by atoms with E-state index in [9.17, 15) is 19.2 Å². The Hall–Kier alpha value is -4.80. The Morgan fingerprint density at radius 1 is 0.786 bits per heavy atom. The fourth-order valence-electron chi connectivity index (χ4n) is 5.21. The van der Waals surface area contributed by atoms with Gasteiger partial charge in [-0.25, -0.2) is 9.59 Å². The number of carbonyl (C=O) groups excluding carboxylic acids is 4. The van der Waals surface area contributed by atoms with Crippen molar-refractivity contribution in [3.63, 3.8) is 0 Å². The maximum absolute atomic E-state index is 12.7. The number of aromatic amines is 2. The zero-order valence-corrected chi connectivity index (χ0v) is 24.4. The van der Waals surface area contributed by atoms with Gasteiger partial charge in [-0.3, -0.25) is 9.59 Å². The maximum Gasteiger partial charge on any atom is 0.328 e. The van der Waals surface area contributed by atoms with Gasteiger partial charge in [0, 0.05) is 55.0 Å². The highest BCUT2D eigenvalue weighted by Gasteiger charge is 2.27. The summed E-state index contributed by atoms with van der Waals surface area (Å²) in [5.74, 6) is -1.18. The Morgan fingerprint density at radius 3 is 1.86 bits per heavy atom. The average molecular weight is 575 g/mol. The molecule has 0 spiro atoms. The van der Waals surface area contributed by atoms with E-state index in [2.05, 4.69) is 31.2 Å². The number of H-pyrrole nitrogens is 2. The number of urea groups is 1. The van der Waals surface area contributed by atoms with Crippen LogP contribution in [0.3, 0.4) is 0 Å². The fraction of sp³-hybridized carbons (Fsp3) is 0.355. The molecule has 4 aromatic rings. The number of ether oxygens (including phenoxy) is 1. The number of unbranched alkanes of at least 4 members (excludes halogenated alkanes) is 1. The second kappa shape index (κ2) is 13.7. The normalized spacial score (nSPS) is 12.5. The van der Waals surface area contributed by atoms with Crippen LogP contribution in [0.2, 0.25) is 0 Å². The van der Waals surface area contributed by atoms with Gasteiger partial charge in [-0.1, -0.05) is 49.7 Å². The van der Waals surface area contributed by atoms with Crippen LogP contribution in [0.5, 0.6) is 0 Å². The molecule has 4 rings (SSSR count). The molecule has 0 aliphatic rings. The van der Waals surface area contributed by atoms with Crippen molar-refractivity contribution in [1.82, 2.24) is 31.2 Å². The van der Waals surface area contributed by atoms with Crippen LogP contribution in [0.4, 0.5) is 4.79 Å². The van der Waals surface area contributed by atoms with Crippen LogP contribution in [0.25, 0.3) is 33.2 Å². The molecular formula is C31H38N6O5. The minimum absolute atomic E-state index is 0.174. The molecule has 11 nitrogen and oxygen atoms in total. The molecule has 0 aliphatic carbocycles. The second-order valence-corrected chi connectivity index (χ2v) is 10.2. The summed E-state index contributed by atoms with van der Waals surface area (Å²) in [4.78, 5) is 56.5. The molecule has 2 aromatic heterocycles. The molecule has 0 unspecified atom stereocenters. The quantitative estimate of drug-likeness (QED) is 0.0865. The number of rotatable bonds is 12. The third kappa shape index (κ3) is 7.09. The average Bonchev–Trinajstić information content (AvgIpc) is 3.50. The van der Waals surface area contributed by atoms with Crippen LogP contribution in [-0.4, -0.2) is 59.6 Å². The lowest BCUT2D eigenvalue weighted by Gasteiger charge is -2.21. The summed E-state index contributed by atoms with van der Waals surface area (Å²) >= 11 is 0. The van der Waals surface area contributed by atoms with E-state index in [0.717, 1.165) is 57.2 Å². The van der Waals surface area contributed by atoms with Gasteiger partial charge >= 0.3 is 12.0 Å². The van der Waals surface area contributed by atoms with Crippen molar-refractivity contribution < 1.29 is 23.9 Å². The molecular weight excluding hydrogens is 536 g/mol. The number of benzene rings is 2. The highest BCUT2D eigenvalue weighted by Crippen LogP contribution is 2.36. The molecule has 222 valence electrons. The van der Waals surface area contributed by atoms with Gasteiger partial charge in [-0.05, 0) is 29.7 Å². The van der Waals surface area contributed by atoms with Gasteiger partial charge in [0.25, 0.3) is 0 Å². The fourth-order valence-corrected chi connectivity index (χ4v) is 5.21. The Balaban J connectivity index is 1.82. The Kier molecular flexibility index (Phi) is 9.85. The summed E-state index contributed by atoms with van der Waals surface area (Å²) in [7, 11) is 1.29. The van der Waals surface area contributed by atoms with Crippen molar-refractivity contribution in [2.24, 2.45) is 0 Å². The Bertz CT molecular complexity index is 1590. The van der Waals surface area contributed by atoms with Crippen molar-refractivity contribution in [3.8, 4) is 11.4 Å². The first-order chi connectivity index (χ1) is 20.2. The highest BCUT2D eigenvalue weighted by molar-refractivity contribution is 5.97. The third-order valence-corrected chi connectivity index (χ3v) is 7.06. The van der Waals surface area contributed by atoms with Gasteiger partial charge < -0.3 is 36.0 Å². The Labute approximate surface area is 244 Å². The molecule has 6 N–H and O–H groups in total. The molecule has 2 atom stereocenters. The topological polar surface area (TPSA) is 157 Å². The van der Waals surface area contributed by atoms with Crippen molar-refractivity contribution >= 4 is 45.6 Å². The lowest BCUT2D eigenvalue weighted by atomic mass is 9.97. The molecule has 0 bridgehead atoms. The van der Waals surface area contributed by atoms with E-state index < -0.39 is 18.2 Å². The van der Waals surface area contributed by atoms with Crippen molar-refractivity contribution in [1.29, 1.82) is 0 Å². The van der Waals surface area contributed by atoms with Crippen LogP contribution in [0, 0.1) is 0 Å². The summed E-state index contributed by atoms with van der Waals surface area (Å²) in [5.41, 5.74) is 4.87. The predicted molar refractivity (Wildman–Crippen MR) is 162 cm³/mol. The first kappa shape index (κ1) is 30.2. The van der Waals surface area contributed by atoms with Crippen molar-refractivity contribution in [2.75, 3.05) is 13.7 Å². The molecule has 2 heterocycles. The van der Waals surface area contributed by atoms with Gasteiger partial charge in [0.2, 0.25) is 11.8 Å². The molecule has 2 aromatic carbocycles. The summed E-state index contributed by atoms with van der Waals surface area (Å²) in [6, 6.07) is 14.2. The smallest absolute Gasteiger partial charge is 0.328 e. The minimum Gasteiger partial charge on any atom is -0.467 e. The number of hydrogen-bond acceptors (Lipinski definition) is 5. The van der Waals surface area contributed by atoms with Crippen LogP contribution in [-0.2, 0) is 32.0 Å². The molecule has 4 amide bonds. The summed E-state index contributed by atoms with van der Waals surface area (Å²) < 4.78 is 5.00. The van der Waals surface area contributed by atoms with E-state index in [1.165, 1.54) is 21.0 Å². The van der Waals surface area contributed by atoms with Crippen LogP contribution in [0.1, 0.15) is 44.7 Å². The number of carbonyl (C=O) groups is 4. The van der Waals surface area contributed by atoms with Crippen molar-refractivity contribution in [2.45, 2.75) is 58.7 Å². The first-order valence-electron chi connectivity index (χ1n) is 14.1. The van der Waals surface area contributed by atoms with Gasteiger partial charge in [0.15, 0.2) is 0 Å². The largest absolute Gasteiger partial charge is 0.467 e. The van der Waals surface area contributed by atoms with E-state index in [0.29, 0.717) is 6.54 Å². The number of esters is 1. The van der Waals surface area contributed by atoms with Gasteiger partial charge in [-0.15, -0.1) is 0 Å². The number of aromatic nitrogens is 2. The van der Waals surface area contributed by atoms with E-state index in [4.69, 9.17) is 4.74 Å². The van der Waals surface area contributed by atoms with E-state index in [1.54, 1.807) is 0 Å². The van der Waals surface area contributed by atoms with Crippen LogP contribution in [0.15, 0.2) is 48.5 Å². The summed E-state index contributed by atoms with van der Waals surface area (Å²) in [6.45, 7) is 5.33. The first-order valence-corrected chi connectivity index (χ1v) is 14.1. The van der Waals surface area contributed by atoms with Gasteiger partial charge in [0.05, 0.1) is 18.5 Å². The molecule has 0 fully saturated rings. The van der Waals surface area contributed by atoms with Gasteiger partial charge in [0.1, 0.15) is 12.2 Å². The van der Waals surface area contributed by atoms with Crippen LogP contribution >= 0.6 is 0 Å². The standard InChI is InChI=1S/C31H38N6O5/c1-5-6-15-32-31(41)37-27(34-19(3)39)17-23-21-12-8-10-14-25(21)36-29(23)28-22(20-11-7-9-13-24(20)35-28)16-26(30(40)42-4)33-18(2)38/h7-14,26-27,35-36H,5-6,15-17H2,1-4H3,(H,33,38)(H,34,39)(H2,32,37,41)/t26-,27+/m0/s1. The zero-order chi connectivity index (χ0) is 30.2. The van der Waals surface area contributed by atoms with E-state index in [-0.39, 0.29) is 30.7 Å². The number of fused-ring (bicyclic) bond motifs is 2. The van der Waals surface area contributed by atoms with Gasteiger partial charge in [-0.2, -0.15) is 0 Å². The predicted octanol–water partition coefficient (Wildman–Crippen LogP) is 3.64. The number of nitrogens with one attached hydrogen (secondary N) is 6. The van der Waals surface area contributed by atoms with E-state index in [1.807, 2.05) is 55.5 Å². The zero-order valence-electron chi connectivity index (χ0n) is 24.4. The number of amides is 4. The number of para-hydroxylation sites is 2. The minimum atomic E-state index is -0.904. The molecule has 11 heteroatoms. The lowest BCUT2D eigenvalue weighted by Crippen LogP contribution is -2.52.